The van der Waals surface area contributed by atoms with Crippen LogP contribution in [0.2, 0.25) is 0 Å². The Morgan fingerprint density at radius 2 is 0.963 bits per heavy atom. The van der Waals surface area contributed by atoms with Crippen molar-refractivity contribution >= 4 is 17.1 Å². The van der Waals surface area contributed by atoms with Crippen LogP contribution < -0.4 is 0 Å². The Labute approximate surface area is 185 Å². The third-order valence-corrected chi connectivity index (χ3v) is 14.0. The third kappa shape index (κ3) is 3.49. The number of hydrogen-bond donors (Lipinski definition) is 0. The van der Waals surface area contributed by atoms with Crippen LogP contribution in [0.1, 0.15) is 96.8 Å². The fraction of sp³-hybridized carbons (Fsp3) is 1.00. The van der Waals surface area contributed by atoms with E-state index in [9.17, 15) is 0 Å². The minimum atomic E-state index is 0.285. The van der Waals surface area contributed by atoms with E-state index in [1.165, 1.54) is 6.42 Å². The number of unbranched alkanes of at least 4 members (excludes halogenated alkanes) is 1. The van der Waals surface area contributed by atoms with E-state index < -0.39 is 0 Å². The van der Waals surface area contributed by atoms with Crippen molar-refractivity contribution < 1.29 is 20.0 Å². The Morgan fingerprint density at radius 1 is 0.667 bits per heavy atom. The van der Waals surface area contributed by atoms with Crippen LogP contribution in [0.15, 0.2) is 0 Å². The zero-order chi connectivity index (χ0) is 18.6. The molecular formula is C24H39AuClP. The van der Waals surface area contributed by atoms with Gasteiger partial charge in [-0.15, -0.1) is 0 Å². The summed E-state index contributed by atoms with van der Waals surface area (Å²) in [6.07, 6.45) is 24.6. The van der Waals surface area contributed by atoms with Gasteiger partial charge in [0.25, 0.3) is 0 Å². The summed E-state index contributed by atoms with van der Waals surface area (Å²) in [5.41, 5.74) is 0. The van der Waals surface area contributed by atoms with Crippen molar-refractivity contribution in [3.8, 4) is 0 Å². The molecule has 8 saturated carbocycles. The quantitative estimate of drug-likeness (QED) is 0.226. The van der Waals surface area contributed by atoms with Crippen LogP contribution in [0.5, 0.6) is 0 Å². The molecule has 158 valence electrons. The summed E-state index contributed by atoms with van der Waals surface area (Å²) in [6.45, 7) is 2.45. The molecule has 8 bridgehead atoms. The molecule has 8 fully saturated rings. The van der Waals surface area contributed by atoms with Gasteiger partial charge < -0.3 is 0 Å². The van der Waals surface area contributed by atoms with Crippen molar-refractivity contribution in [3.63, 3.8) is 0 Å². The second-order valence-electron chi connectivity index (χ2n) is 11.8. The fourth-order valence-corrected chi connectivity index (χ4v) is 15.5. The van der Waals surface area contributed by atoms with Gasteiger partial charge in [0.05, 0.1) is 0 Å². The van der Waals surface area contributed by atoms with Crippen molar-refractivity contribution in [3.05, 3.63) is 0 Å². The van der Waals surface area contributed by atoms with E-state index in [1.54, 1.807) is 110 Å². The van der Waals surface area contributed by atoms with Crippen molar-refractivity contribution in [2.24, 2.45) is 35.5 Å². The minimum absolute atomic E-state index is 0.285. The molecule has 0 spiro atoms. The van der Waals surface area contributed by atoms with Crippen LogP contribution in [-0.2, 0) is 20.0 Å². The molecule has 8 aliphatic rings. The van der Waals surface area contributed by atoms with E-state index in [1.807, 2.05) is 0 Å². The Balaban J connectivity index is 0.000000777. The van der Waals surface area contributed by atoms with Crippen LogP contribution in [0, 0.1) is 35.5 Å². The molecule has 0 amide bonds. The zero-order valence-corrected chi connectivity index (χ0v) is 21.0. The molecular weight excluding hydrogens is 552 g/mol. The molecule has 0 aromatic carbocycles. The van der Waals surface area contributed by atoms with E-state index in [0.29, 0.717) is 0 Å². The summed E-state index contributed by atoms with van der Waals surface area (Å²) in [4.78, 5) is 0. The van der Waals surface area contributed by atoms with Crippen molar-refractivity contribution in [2.75, 3.05) is 6.16 Å². The topological polar surface area (TPSA) is 0 Å². The van der Waals surface area contributed by atoms with Crippen molar-refractivity contribution in [2.45, 2.75) is 107 Å². The van der Waals surface area contributed by atoms with E-state index in [-0.39, 0.29) is 7.92 Å². The molecule has 0 N–H and O–H groups in total. The van der Waals surface area contributed by atoms with Gasteiger partial charge in [-0.3, -0.25) is 0 Å². The maximum absolute atomic E-state index is 4.58. The molecule has 0 heterocycles. The van der Waals surface area contributed by atoms with Gasteiger partial charge in [-0.05, 0) is 135 Å². The second kappa shape index (κ2) is 7.86. The first-order valence-corrected chi connectivity index (χ1v) is 16.3. The first-order chi connectivity index (χ1) is 13.2. The third-order valence-electron chi connectivity index (χ3n) is 9.89. The molecule has 0 atom stereocenters. The van der Waals surface area contributed by atoms with Gasteiger partial charge in [0.2, 0.25) is 0 Å². The van der Waals surface area contributed by atoms with Gasteiger partial charge in [0.1, 0.15) is 0 Å². The Hall–Kier alpha value is 1.46. The number of hydrogen-bond acceptors (Lipinski definition) is 0. The summed E-state index contributed by atoms with van der Waals surface area (Å²) >= 11 is 1.75. The predicted octanol–water partition coefficient (Wildman–Crippen LogP) is 7.89. The van der Waals surface area contributed by atoms with E-state index in [0.717, 1.165) is 45.8 Å². The van der Waals surface area contributed by atoms with Gasteiger partial charge in [0.15, 0.2) is 0 Å². The van der Waals surface area contributed by atoms with Crippen LogP contribution in [0.3, 0.4) is 0 Å². The first-order valence-electron chi connectivity index (χ1n) is 12.1. The van der Waals surface area contributed by atoms with Crippen molar-refractivity contribution in [1.29, 1.82) is 0 Å². The van der Waals surface area contributed by atoms with Gasteiger partial charge in [-0.25, -0.2) is 0 Å². The molecule has 3 heteroatoms. The van der Waals surface area contributed by atoms with Crippen LogP contribution in [0.4, 0.5) is 0 Å². The molecule has 8 aliphatic carbocycles. The molecule has 0 radical (unpaired) electrons. The molecule has 0 nitrogen and oxygen atoms in total. The Kier molecular flexibility index (Phi) is 5.93. The summed E-state index contributed by atoms with van der Waals surface area (Å²) in [7, 11) is 4.87. The standard InChI is InChI=1S/C24H39P.Au.ClH/c1-2-3-4-25(23-11-17-5-18(12-23)7-19(6-17)13-23)24-14-20-8-21(15-24)10-22(9-20)16-24;;/h17-22H,2-16H2,1H3;;1H/q;+1;/p-1. The molecule has 0 unspecified atom stereocenters. The molecule has 0 aromatic heterocycles. The van der Waals surface area contributed by atoms with E-state index in [2.05, 4.69) is 16.1 Å². The normalized spacial score (nSPS) is 52.6. The molecule has 27 heavy (non-hydrogen) atoms. The maximum atomic E-state index is 4.58. The van der Waals surface area contributed by atoms with Crippen LogP contribution >= 0.6 is 17.1 Å². The summed E-state index contributed by atoms with van der Waals surface area (Å²) in [6, 6.07) is 0. The van der Waals surface area contributed by atoms with Gasteiger partial charge in [-0.1, -0.05) is 21.3 Å². The second-order valence-corrected chi connectivity index (χ2v) is 15.0. The fourth-order valence-electron chi connectivity index (χ4n) is 10.1. The molecule has 0 aliphatic heterocycles. The van der Waals surface area contributed by atoms with Gasteiger partial charge in [0, 0.05) is 0 Å². The first kappa shape index (κ1) is 20.4. The van der Waals surface area contributed by atoms with Gasteiger partial charge in [-0.2, -0.15) is 0 Å². The summed E-state index contributed by atoms with van der Waals surface area (Å²) in [5.74, 6) is 6.95. The summed E-state index contributed by atoms with van der Waals surface area (Å²) < 4.78 is 0. The average molecular weight is 591 g/mol. The van der Waals surface area contributed by atoms with Crippen LogP contribution in [0.25, 0.3) is 0 Å². The van der Waals surface area contributed by atoms with E-state index in [4.69, 9.17) is 0 Å². The number of rotatable bonds is 5. The average Bonchev–Trinajstić information content (AvgIpc) is 2.61. The SMILES string of the molecule is CCCCP(C12CC3CC(CC(C3)C1)C2)C12CC3CC(CC(C3)C1)C2.[Cl][Au]. The molecule has 0 saturated heterocycles. The molecule has 0 aromatic rings. The zero-order valence-electron chi connectivity index (χ0n) is 17.2. The van der Waals surface area contributed by atoms with E-state index >= 15 is 0 Å². The Morgan fingerprint density at radius 3 is 1.22 bits per heavy atom. The monoisotopic (exact) mass is 590 g/mol. The molecule has 8 rings (SSSR count). The van der Waals surface area contributed by atoms with Crippen LogP contribution in [-0.4, -0.2) is 16.5 Å². The summed E-state index contributed by atoms with van der Waals surface area (Å²) in [5, 5.41) is 1.76. The number of halogens is 1. The Bertz CT molecular complexity index is 432. The predicted molar refractivity (Wildman–Crippen MR) is 114 cm³/mol. The van der Waals surface area contributed by atoms with Crippen molar-refractivity contribution in [1.82, 2.24) is 0 Å². The van der Waals surface area contributed by atoms with Gasteiger partial charge >= 0.3 is 29.2 Å².